The number of carbonyl (C=O) groups excluding carboxylic acids is 2. The van der Waals surface area contributed by atoms with E-state index in [1.807, 2.05) is 31.2 Å². The van der Waals surface area contributed by atoms with E-state index in [1.165, 1.54) is 32.5 Å². The topological polar surface area (TPSA) is 78.0 Å². The molecule has 0 unspecified atom stereocenters. The molecule has 0 radical (unpaired) electrons. The van der Waals surface area contributed by atoms with E-state index in [9.17, 15) is 9.59 Å². The predicted octanol–water partition coefficient (Wildman–Crippen LogP) is 4.76. The summed E-state index contributed by atoms with van der Waals surface area (Å²) in [7, 11) is 2.97. The fraction of sp³-hybridized carbons (Fsp3) is 0.261. The Kier molecular flexibility index (Phi) is 7.25. The van der Waals surface area contributed by atoms with Gasteiger partial charge in [-0.25, -0.2) is 9.78 Å². The van der Waals surface area contributed by atoms with Crippen LogP contribution in [-0.4, -0.2) is 31.1 Å². The van der Waals surface area contributed by atoms with Gasteiger partial charge in [0.2, 0.25) is 5.91 Å². The SMILES string of the molecule is CCc1ccccc1N(C(C)=O)c1nc(COC(=O)c2cccc(OC)c2OC)cs1. The summed E-state index contributed by atoms with van der Waals surface area (Å²) in [6.07, 6.45) is 0.790. The lowest BCUT2D eigenvalue weighted by atomic mass is 10.1. The van der Waals surface area contributed by atoms with E-state index in [-0.39, 0.29) is 18.1 Å². The van der Waals surface area contributed by atoms with Crippen molar-refractivity contribution in [1.29, 1.82) is 0 Å². The summed E-state index contributed by atoms with van der Waals surface area (Å²) in [6.45, 7) is 3.51. The zero-order chi connectivity index (χ0) is 22.4. The van der Waals surface area contributed by atoms with Crippen molar-refractivity contribution >= 4 is 34.0 Å². The van der Waals surface area contributed by atoms with Gasteiger partial charge in [-0.05, 0) is 30.2 Å². The minimum Gasteiger partial charge on any atom is -0.493 e. The van der Waals surface area contributed by atoms with Crippen LogP contribution in [-0.2, 0) is 22.6 Å². The molecule has 0 spiro atoms. The maximum Gasteiger partial charge on any atom is 0.342 e. The minimum atomic E-state index is -0.551. The van der Waals surface area contributed by atoms with Gasteiger partial charge in [-0.15, -0.1) is 11.3 Å². The van der Waals surface area contributed by atoms with Crippen molar-refractivity contribution in [1.82, 2.24) is 4.98 Å². The third kappa shape index (κ3) is 4.86. The van der Waals surface area contributed by atoms with Gasteiger partial charge in [-0.1, -0.05) is 31.2 Å². The van der Waals surface area contributed by atoms with Crippen LogP contribution in [0.15, 0.2) is 47.8 Å². The molecule has 0 fully saturated rings. The molecular weight excluding hydrogens is 416 g/mol. The Balaban J connectivity index is 1.78. The average molecular weight is 441 g/mol. The van der Waals surface area contributed by atoms with E-state index < -0.39 is 5.97 Å². The number of methoxy groups -OCH3 is 2. The second-order valence-corrected chi connectivity index (χ2v) is 7.41. The molecule has 8 heteroatoms. The van der Waals surface area contributed by atoms with Gasteiger partial charge in [0, 0.05) is 12.3 Å². The Morgan fingerprint density at radius 3 is 2.52 bits per heavy atom. The lowest BCUT2D eigenvalue weighted by Crippen LogP contribution is -2.23. The number of amides is 1. The molecule has 1 heterocycles. The number of aryl methyl sites for hydroxylation is 1. The first kappa shape index (κ1) is 22.3. The van der Waals surface area contributed by atoms with Crippen molar-refractivity contribution in [3.8, 4) is 11.5 Å². The number of rotatable bonds is 8. The largest absolute Gasteiger partial charge is 0.493 e. The van der Waals surface area contributed by atoms with E-state index in [0.717, 1.165) is 17.7 Å². The van der Waals surface area contributed by atoms with Crippen LogP contribution in [0.4, 0.5) is 10.8 Å². The summed E-state index contributed by atoms with van der Waals surface area (Å²) in [5.41, 5.74) is 2.66. The third-order valence-corrected chi connectivity index (χ3v) is 5.51. The maximum absolute atomic E-state index is 12.6. The van der Waals surface area contributed by atoms with Crippen LogP contribution in [0.5, 0.6) is 11.5 Å². The molecular formula is C23H24N2O5S. The summed E-state index contributed by atoms with van der Waals surface area (Å²) >= 11 is 1.32. The second kappa shape index (κ2) is 10.1. The van der Waals surface area contributed by atoms with Crippen LogP contribution in [0.2, 0.25) is 0 Å². The fourth-order valence-electron chi connectivity index (χ4n) is 3.17. The van der Waals surface area contributed by atoms with Gasteiger partial charge < -0.3 is 14.2 Å². The van der Waals surface area contributed by atoms with Crippen molar-refractivity contribution < 1.29 is 23.8 Å². The first-order chi connectivity index (χ1) is 15.0. The van der Waals surface area contributed by atoms with Crippen LogP contribution in [0, 0.1) is 0 Å². The maximum atomic E-state index is 12.6. The molecule has 0 bridgehead atoms. The van der Waals surface area contributed by atoms with Gasteiger partial charge in [0.15, 0.2) is 16.6 Å². The van der Waals surface area contributed by atoms with Gasteiger partial charge in [0.1, 0.15) is 12.2 Å². The summed E-state index contributed by atoms with van der Waals surface area (Å²) < 4.78 is 15.9. The lowest BCUT2D eigenvalue weighted by molar-refractivity contribution is -0.115. The number of anilines is 2. The number of para-hydroxylation sites is 2. The number of hydrogen-bond donors (Lipinski definition) is 0. The number of nitrogens with zero attached hydrogens (tertiary/aromatic N) is 2. The average Bonchev–Trinajstić information content (AvgIpc) is 3.25. The summed E-state index contributed by atoms with van der Waals surface area (Å²) in [5, 5.41) is 2.30. The Labute approximate surface area is 185 Å². The van der Waals surface area contributed by atoms with E-state index >= 15 is 0 Å². The van der Waals surface area contributed by atoms with Crippen LogP contribution < -0.4 is 14.4 Å². The normalized spacial score (nSPS) is 10.5. The molecule has 0 N–H and O–H groups in total. The van der Waals surface area contributed by atoms with Crippen molar-refractivity contribution in [3.05, 3.63) is 64.7 Å². The molecule has 0 aliphatic heterocycles. The summed E-state index contributed by atoms with van der Waals surface area (Å²) in [5.74, 6) is 0.0671. The van der Waals surface area contributed by atoms with E-state index in [1.54, 1.807) is 28.5 Å². The number of carbonyl (C=O) groups is 2. The van der Waals surface area contributed by atoms with E-state index in [4.69, 9.17) is 14.2 Å². The lowest BCUT2D eigenvalue weighted by Gasteiger charge is -2.20. The number of thiazole rings is 1. The van der Waals surface area contributed by atoms with Crippen molar-refractivity contribution in [2.75, 3.05) is 19.1 Å². The highest BCUT2D eigenvalue weighted by atomic mass is 32.1. The molecule has 3 aromatic rings. The molecule has 0 saturated heterocycles. The highest BCUT2D eigenvalue weighted by Crippen LogP contribution is 2.33. The number of hydrogen-bond acceptors (Lipinski definition) is 7. The monoisotopic (exact) mass is 440 g/mol. The van der Waals surface area contributed by atoms with Crippen molar-refractivity contribution in [2.45, 2.75) is 26.9 Å². The standard InChI is InChI=1S/C23H24N2O5S/c1-5-16-9-6-7-11-19(16)25(15(2)26)23-24-17(14-31-23)13-30-22(27)18-10-8-12-20(28-3)21(18)29-4/h6-12,14H,5,13H2,1-4H3. The zero-order valence-corrected chi connectivity index (χ0v) is 18.7. The van der Waals surface area contributed by atoms with Crippen molar-refractivity contribution in [3.63, 3.8) is 0 Å². The number of ether oxygens (including phenoxy) is 3. The number of benzene rings is 2. The smallest absolute Gasteiger partial charge is 0.342 e. The predicted molar refractivity (Wildman–Crippen MR) is 119 cm³/mol. The van der Waals surface area contributed by atoms with E-state index in [2.05, 4.69) is 4.98 Å². The first-order valence-electron chi connectivity index (χ1n) is 9.71. The van der Waals surface area contributed by atoms with Crippen LogP contribution >= 0.6 is 11.3 Å². The Morgan fingerprint density at radius 1 is 1.06 bits per heavy atom. The highest BCUT2D eigenvalue weighted by Gasteiger charge is 2.21. The van der Waals surface area contributed by atoms with Crippen LogP contribution in [0.3, 0.4) is 0 Å². The third-order valence-electron chi connectivity index (χ3n) is 4.63. The molecule has 3 rings (SSSR count). The van der Waals surface area contributed by atoms with Crippen LogP contribution in [0.1, 0.15) is 35.5 Å². The molecule has 162 valence electrons. The van der Waals surface area contributed by atoms with E-state index in [0.29, 0.717) is 22.3 Å². The zero-order valence-electron chi connectivity index (χ0n) is 17.9. The molecule has 7 nitrogen and oxygen atoms in total. The highest BCUT2D eigenvalue weighted by molar-refractivity contribution is 7.14. The number of esters is 1. The molecule has 1 amide bonds. The Hall–Kier alpha value is -3.39. The molecule has 31 heavy (non-hydrogen) atoms. The first-order valence-corrected chi connectivity index (χ1v) is 10.6. The second-order valence-electron chi connectivity index (χ2n) is 6.58. The molecule has 2 aromatic carbocycles. The minimum absolute atomic E-state index is 0.0309. The van der Waals surface area contributed by atoms with Gasteiger partial charge in [0.05, 0.1) is 25.6 Å². The summed E-state index contributed by atoms with van der Waals surface area (Å²) in [4.78, 5) is 31.1. The van der Waals surface area contributed by atoms with Crippen molar-refractivity contribution in [2.24, 2.45) is 0 Å². The Morgan fingerprint density at radius 2 is 1.84 bits per heavy atom. The quantitative estimate of drug-likeness (QED) is 0.470. The van der Waals surface area contributed by atoms with Gasteiger partial charge in [-0.2, -0.15) is 0 Å². The molecule has 0 saturated carbocycles. The van der Waals surface area contributed by atoms with Gasteiger partial charge in [-0.3, -0.25) is 9.69 Å². The molecule has 0 aliphatic carbocycles. The fourth-order valence-corrected chi connectivity index (χ4v) is 4.03. The number of aromatic nitrogens is 1. The molecule has 0 atom stereocenters. The summed E-state index contributed by atoms with van der Waals surface area (Å²) in [6, 6.07) is 12.7. The van der Waals surface area contributed by atoms with Gasteiger partial charge >= 0.3 is 5.97 Å². The Bertz CT molecular complexity index is 1080. The van der Waals surface area contributed by atoms with Crippen LogP contribution in [0.25, 0.3) is 0 Å². The molecule has 1 aromatic heterocycles. The molecule has 0 aliphatic rings. The van der Waals surface area contributed by atoms with Gasteiger partial charge in [0.25, 0.3) is 0 Å².